The van der Waals surface area contributed by atoms with Crippen molar-refractivity contribution in [3.8, 4) is 0 Å². The van der Waals surface area contributed by atoms with Gasteiger partial charge in [-0.1, -0.05) is 20.8 Å². The Bertz CT molecular complexity index is 707. The highest BCUT2D eigenvalue weighted by Crippen LogP contribution is 2.23. The van der Waals surface area contributed by atoms with E-state index in [9.17, 15) is 9.59 Å². The molecule has 2 aromatic rings. The summed E-state index contributed by atoms with van der Waals surface area (Å²) in [5.41, 5.74) is 0.513. The average Bonchev–Trinajstić information content (AvgIpc) is 3.12. The minimum atomic E-state index is -0.358. The predicted octanol–water partition coefficient (Wildman–Crippen LogP) is 2.30. The average molecular weight is 348 g/mol. The second kappa shape index (κ2) is 6.55. The molecule has 3 rings (SSSR count). The molecule has 7 heteroatoms. The molecular weight excluding hydrogens is 324 g/mol. The third-order valence-electron chi connectivity index (χ3n) is 4.38. The van der Waals surface area contributed by atoms with Crippen LogP contribution in [0.2, 0.25) is 0 Å². The number of nitrogens with zero attached hydrogens (tertiary/aromatic N) is 3. The van der Waals surface area contributed by atoms with Gasteiger partial charge in [-0.05, 0) is 12.8 Å². The monoisotopic (exact) mass is 348 g/mol. The Morgan fingerprint density at radius 3 is 2.67 bits per heavy atom. The summed E-state index contributed by atoms with van der Waals surface area (Å²) in [6, 6.07) is 0. The van der Waals surface area contributed by atoms with E-state index in [1.54, 1.807) is 11.3 Å². The molecule has 0 saturated carbocycles. The molecule has 0 atom stereocenters. The smallest absolute Gasteiger partial charge is 0.227 e. The summed E-state index contributed by atoms with van der Waals surface area (Å²) in [6.07, 6.45) is 5.36. The van der Waals surface area contributed by atoms with Crippen molar-refractivity contribution in [3.63, 3.8) is 0 Å². The molecule has 0 spiro atoms. The summed E-state index contributed by atoms with van der Waals surface area (Å²) in [4.78, 5) is 31.9. The zero-order chi connectivity index (χ0) is 17.3. The Morgan fingerprint density at radius 2 is 2.04 bits per heavy atom. The SMILES string of the molecule is CC(C)(C)C(=O)N1CCC(C(=O)NCc2cn3ccsc3n2)CC1. The highest BCUT2D eigenvalue weighted by molar-refractivity contribution is 7.15. The predicted molar refractivity (Wildman–Crippen MR) is 93.7 cm³/mol. The first-order chi connectivity index (χ1) is 11.3. The standard InChI is InChI=1S/C17H24N4O2S/c1-17(2,3)15(23)20-6-4-12(5-7-20)14(22)18-10-13-11-21-8-9-24-16(21)19-13/h8-9,11-12H,4-7,10H2,1-3H3,(H,18,22). The van der Waals surface area contributed by atoms with Gasteiger partial charge in [0.1, 0.15) is 0 Å². The van der Waals surface area contributed by atoms with Crippen molar-refractivity contribution in [1.82, 2.24) is 19.6 Å². The van der Waals surface area contributed by atoms with E-state index in [1.807, 2.05) is 47.8 Å². The van der Waals surface area contributed by atoms with Crippen LogP contribution in [-0.4, -0.2) is 39.2 Å². The number of likely N-dealkylation sites (tertiary alicyclic amines) is 1. The lowest BCUT2D eigenvalue weighted by molar-refractivity contribution is -0.142. The summed E-state index contributed by atoms with van der Waals surface area (Å²) in [7, 11) is 0. The zero-order valence-corrected chi connectivity index (χ0v) is 15.2. The van der Waals surface area contributed by atoms with Crippen LogP contribution in [0.4, 0.5) is 0 Å². The fraction of sp³-hybridized carbons (Fsp3) is 0.588. The summed E-state index contributed by atoms with van der Waals surface area (Å²) < 4.78 is 1.96. The Morgan fingerprint density at radius 1 is 1.33 bits per heavy atom. The summed E-state index contributed by atoms with van der Waals surface area (Å²) in [5.74, 6) is 0.214. The van der Waals surface area contributed by atoms with E-state index in [0.29, 0.717) is 19.6 Å². The van der Waals surface area contributed by atoms with Gasteiger partial charge in [-0.25, -0.2) is 4.98 Å². The van der Waals surface area contributed by atoms with Crippen molar-refractivity contribution in [3.05, 3.63) is 23.5 Å². The second-order valence-electron chi connectivity index (χ2n) is 7.36. The van der Waals surface area contributed by atoms with E-state index >= 15 is 0 Å². The van der Waals surface area contributed by atoms with E-state index in [1.165, 1.54) is 0 Å². The van der Waals surface area contributed by atoms with Crippen LogP contribution >= 0.6 is 11.3 Å². The highest BCUT2D eigenvalue weighted by Gasteiger charge is 2.32. The van der Waals surface area contributed by atoms with Gasteiger partial charge < -0.3 is 10.2 Å². The van der Waals surface area contributed by atoms with E-state index in [0.717, 1.165) is 23.5 Å². The molecule has 2 aromatic heterocycles. The van der Waals surface area contributed by atoms with Crippen LogP contribution in [0, 0.1) is 11.3 Å². The van der Waals surface area contributed by atoms with E-state index < -0.39 is 0 Å². The Hall–Kier alpha value is -1.89. The molecule has 6 nitrogen and oxygen atoms in total. The molecule has 3 heterocycles. The molecule has 0 radical (unpaired) electrons. The minimum Gasteiger partial charge on any atom is -0.350 e. The van der Waals surface area contributed by atoms with Gasteiger partial charge in [-0.15, -0.1) is 11.3 Å². The molecule has 130 valence electrons. The van der Waals surface area contributed by atoms with Gasteiger partial charge in [-0.2, -0.15) is 0 Å². The van der Waals surface area contributed by atoms with Crippen molar-refractivity contribution in [2.24, 2.45) is 11.3 Å². The summed E-state index contributed by atoms with van der Waals surface area (Å²) in [5, 5.41) is 4.96. The van der Waals surface area contributed by atoms with Crippen molar-refractivity contribution in [1.29, 1.82) is 0 Å². The number of nitrogens with one attached hydrogen (secondary N) is 1. The molecule has 2 amide bonds. The first-order valence-corrected chi connectivity index (χ1v) is 9.21. The minimum absolute atomic E-state index is 0.0160. The quantitative estimate of drug-likeness (QED) is 0.925. The number of carbonyl (C=O) groups is 2. The number of rotatable bonds is 3. The van der Waals surface area contributed by atoms with Crippen LogP contribution < -0.4 is 5.32 Å². The van der Waals surface area contributed by atoms with E-state index in [4.69, 9.17) is 0 Å². The van der Waals surface area contributed by atoms with Crippen LogP contribution in [0.1, 0.15) is 39.3 Å². The van der Waals surface area contributed by atoms with Gasteiger partial charge in [0, 0.05) is 42.2 Å². The van der Waals surface area contributed by atoms with Gasteiger partial charge in [0.2, 0.25) is 11.8 Å². The number of carbonyl (C=O) groups excluding carboxylic acids is 2. The van der Waals surface area contributed by atoms with Crippen LogP contribution in [0.3, 0.4) is 0 Å². The van der Waals surface area contributed by atoms with Crippen LogP contribution in [0.5, 0.6) is 0 Å². The van der Waals surface area contributed by atoms with Crippen LogP contribution in [0.15, 0.2) is 17.8 Å². The molecule has 0 bridgehead atoms. The Labute approximate surface area is 145 Å². The molecule has 1 saturated heterocycles. The molecule has 0 aromatic carbocycles. The van der Waals surface area contributed by atoms with E-state index in [-0.39, 0.29) is 23.1 Å². The summed E-state index contributed by atoms with van der Waals surface area (Å²) >= 11 is 1.58. The molecule has 0 aliphatic carbocycles. The number of imidazole rings is 1. The van der Waals surface area contributed by atoms with Crippen molar-refractivity contribution in [2.45, 2.75) is 40.2 Å². The second-order valence-corrected chi connectivity index (χ2v) is 8.23. The number of aromatic nitrogens is 2. The van der Waals surface area contributed by atoms with Gasteiger partial charge >= 0.3 is 0 Å². The molecule has 1 aliphatic rings. The lowest BCUT2D eigenvalue weighted by Crippen LogP contribution is -2.46. The van der Waals surface area contributed by atoms with E-state index in [2.05, 4.69) is 10.3 Å². The maximum absolute atomic E-state index is 12.4. The molecule has 24 heavy (non-hydrogen) atoms. The van der Waals surface area contributed by atoms with Crippen LogP contribution in [0.25, 0.3) is 4.96 Å². The van der Waals surface area contributed by atoms with Gasteiger partial charge in [0.15, 0.2) is 4.96 Å². The molecular formula is C17H24N4O2S. The lowest BCUT2D eigenvalue weighted by Gasteiger charge is -2.35. The highest BCUT2D eigenvalue weighted by atomic mass is 32.1. The number of hydrogen-bond acceptors (Lipinski definition) is 4. The first-order valence-electron chi connectivity index (χ1n) is 8.33. The molecule has 0 unspecified atom stereocenters. The Kier molecular flexibility index (Phi) is 4.62. The topological polar surface area (TPSA) is 66.7 Å². The molecule has 1 N–H and O–H groups in total. The third kappa shape index (κ3) is 3.61. The zero-order valence-electron chi connectivity index (χ0n) is 14.4. The maximum Gasteiger partial charge on any atom is 0.227 e. The van der Waals surface area contributed by atoms with Crippen molar-refractivity contribution in [2.75, 3.05) is 13.1 Å². The maximum atomic E-state index is 12.4. The lowest BCUT2D eigenvalue weighted by atomic mass is 9.90. The van der Waals surface area contributed by atoms with Crippen molar-refractivity contribution >= 4 is 28.1 Å². The van der Waals surface area contributed by atoms with Gasteiger partial charge in [0.25, 0.3) is 0 Å². The van der Waals surface area contributed by atoms with Crippen LogP contribution in [-0.2, 0) is 16.1 Å². The number of hydrogen-bond donors (Lipinski definition) is 1. The summed E-state index contributed by atoms with van der Waals surface area (Å²) in [6.45, 7) is 7.58. The van der Waals surface area contributed by atoms with Gasteiger partial charge in [0.05, 0.1) is 12.2 Å². The number of thiazole rings is 1. The fourth-order valence-corrected chi connectivity index (χ4v) is 3.72. The number of fused-ring (bicyclic) bond motifs is 1. The van der Waals surface area contributed by atoms with Gasteiger partial charge in [-0.3, -0.25) is 14.0 Å². The Balaban J connectivity index is 1.48. The number of piperidine rings is 1. The largest absolute Gasteiger partial charge is 0.350 e. The number of amides is 2. The van der Waals surface area contributed by atoms with Crippen molar-refractivity contribution < 1.29 is 9.59 Å². The fourth-order valence-electron chi connectivity index (χ4n) is 3.00. The first kappa shape index (κ1) is 17.0. The molecule has 1 aliphatic heterocycles. The third-order valence-corrected chi connectivity index (χ3v) is 5.15. The normalized spacial score (nSPS) is 16.5. The molecule has 1 fully saturated rings.